The molecular weight excluding hydrogens is 217 g/mol. The van der Waals surface area contributed by atoms with Crippen LogP contribution in [0.25, 0.3) is 0 Å². The monoisotopic (exact) mass is 233 g/mol. The Kier molecular flexibility index (Phi) is 7.59. The van der Waals surface area contributed by atoms with E-state index in [9.17, 15) is 8.42 Å². The summed E-state index contributed by atoms with van der Waals surface area (Å²) in [6.45, 7) is 3.85. The van der Waals surface area contributed by atoms with E-state index in [0.717, 1.165) is 13.1 Å². The summed E-state index contributed by atoms with van der Waals surface area (Å²) in [7, 11) is -3.78. The molecule has 0 radical (unpaired) electrons. The van der Waals surface area contributed by atoms with Crippen LogP contribution in [0.1, 0.15) is 7.85 Å². The van der Waals surface area contributed by atoms with Crippen LogP contribution in [0.4, 0.5) is 0 Å². The first kappa shape index (κ1) is 14.8. The van der Waals surface area contributed by atoms with Crippen molar-refractivity contribution in [3.63, 3.8) is 0 Å². The Bertz CT molecular complexity index is 243. The molecule has 1 saturated heterocycles. The molecule has 0 amide bonds. The summed E-state index contributed by atoms with van der Waals surface area (Å²) >= 11 is 0. The van der Waals surface area contributed by atoms with E-state index in [1.807, 2.05) is 0 Å². The van der Waals surface area contributed by atoms with Crippen molar-refractivity contribution < 1.29 is 48.7 Å². The molecule has 0 aromatic rings. The van der Waals surface area contributed by atoms with E-state index in [2.05, 4.69) is 4.90 Å². The Morgan fingerprint density at radius 1 is 1.36 bits per heavy atom. The number of rotatable bonds is 4. The molecule has 0 spiro atoms. The topological polar surface area (TPSA) is 66.8 Å². The zero-order chi connectivity index (χ0) is 9.73. The standard InChI is InChI=1S/C7H15NO4S.Na.H/c9-13(10,11)7-1-2-8-3-5-12-6-4-8;;/h1-7H2,(H,9,10,11);;/q;+1;-1. The minimum atomic E-state index is -3.78. The third-order valence-corrected chi connectivity index (χ3v) is 2.78. The fraction of sp³-hybridized carbons (Fsp3) is 1.00. The van der Waals surface area contributed by atoms with E-state index in [0.29, 0.717) is 26.2 Å². The van der Waals surface area contributed by atoms with Crippen LogP contribution in [0.15, 0.2) is 0 Å². The first-order valence-corrected chi connectivity index (χ1v) is 5.94. The van der Waals surface area contributed by atoms with Crippen molar-refractivity contribution in [3.05, 3.63) is 0 Å². The summed E-state index contributed by atoms with van der Waals surface area (Å²) in [5.41, 5.74) is 0. The van der Waals surface area contributed by atoms with Crippen LogP contribution >= 0.6 is 0 Å². The van der Waals surface area contributed by atoms with E-state index >= 15 is 0 Å². The molecular formula is C7H16NNaO4S. The molecule has 5 nitrogen and oxygen atoms in total. The SMILES string of the molecule is O=S(=O)(O)CCCN1CCOCC1.[H-].[Na+]. The Balaban J connectivity index is 0. The third kappa shape index (κ3) is 7.17. The summed E-state index contributed by atoms with van der Waals surface area (Å²) in [6, 6.07) is 0. The second kappa shape index (κ2) is 7.16. The molecule has 1 aliphatic heterocycles. The normalized spacial score (nSPS) is 18.9. The van der Waals surface area contributed by atoms with Gasteiger partial charge in [0.2, 0.25) is 0 Å². The van der Waals surface area contributed by atoms with Gasteiger partial charge in [0.25, 0.3) is 10.1 Å². The number of morpholine rings is 1. The van der Waals surface area contributed by atoms with Crippen LogP contribution in [0, 0.1) is 0 Å². The second-order valence-electron chi connectivity index (χ2n) is 3.09. The molecule has 1 fully saturated rings. The van der Waals surface area contributed by atoms with Gasteiger partial charge in [-0.25, -0.2) is 0 Å². The smallest absolute Gasteiger partial charge is 1.00 e. The van der Waals surface area contributed by atoms with Crippen molar-refractivity contribution in [1.29, 1.82) is 0 Å². The molecule has 80 valence electrons. The van der Waals surface area contributed by atoms with Crippen LogP contribution in [0.3, 0.4) is 0 Å². The predicted molar refractivity (Wildman–Crippen MR) is 49.4 cm³/mol. The summed E-state index contributed by atoms with van der Waals surface area (Å²) in [5, 5.41) is 0. The zero-order valence-electron chi connectivity index (χ0n) is 9.48. The molecule has 0 saturated carbocycles. The van der Waals surface area contributed by atoms with Crippen molar-refractivity contribution in [1.82, 2.24) is 4.90 Å². The van der Waals surface area contributed by atoms with Gasteiger partial charge in [0.15, 0.2) is 0 Å². The molecule has 0 aromatic heterocycles. The predicted octanol–water partition coefficient (Wildman–Crippen LogP) is -3.29. The van der Waals surface area contributed by atoms with Gasteiger partial charge in [0.1, 0.15) is 0 Å². The van der Waals surface area contributed by atoms with Gasteiger partial charge in [-0.1, -0.05) is 0 Å². The van der Waals surface area contributed by atoms with E-state index in [-0.39, 0.29) is 36.7 Å². The van der Waals surface area contributed by atoms with Crippen molar-refractivity contribution in [2.24, 2.45) is 0 Å². The molecule has 1 heterocycles. The quantitative estimate of drug-likeness (QED) is 0.407. The average Bonchev–Trinajstić information content (AvgIpc) is 2.04. The molecule has 0 bridgehead atoms. The minimum absolute atomic E-state index is 0. The van der Waals surface area contributed by atoms with Gasteiger partial charge in [0, 0.05) is 13.1 Å². The average molecular weight is 233 g/mol. The first-order valence-electron chi connectivity index (χ1n) is 4.33. The van der Waals surface area contributed by atoms with Gasteiger partial charge in [-0.05, 0) is 13.0 Å². The number of nitrogens with zero attached hydrogens (tertiary/aromatic N) is 1. The molecule has 0 unspecified atom stereocenters. The summed E-state index contributed by atoms with van der Waals surface area (Å²) in [5.74, 6) is -0.148. The largest absolute Gasteiger partial charge is 1.00 e. The molecule has 14 heavy (non-hydrogen) atoms. The fourth-order valence-electron chi connectivity index (χ4n) is 1.30. The molecule has 7 heteroatoms. The van der Waals surface area contributed by atoms with Crippen molar-refractivity contribution >= 4 is 10.1 Å². The molecule has 0 aliphatic carbocycles. The molecule has 1 N–H and O–H groups in total. The third-order valence-electron chi connectivity index (χ3n) is 1.98. The van der Waals surface area contributed by atoms with Crippen molar-refractivity contribution in [3.8, 4) is 0 Å². The summed E-state index contributed by atoms with van der Waals surface area (Å²) in [4.78, 5) is 2.13. The Morgan fingerprint density at radius 2 is 1.93 bits per heavy atom. The maximum Gasteiger partial charge on any atom is 1.00 e. The van der Waals surface area contributed by atoms with E-state index < -0.39 is 10.1 Å². The van der Waals surface area contributed by atoms with E-state index in [1.165, 1.54) is 0 Å². The zero-order valence-corrected chi connectivity index (χ0v) is 11.3. The van der Waals surface area contributed by atoms with Gasteiger partial charge < -0.3 is 6.16 Å². The van der Waals surface area contributed by atoms with Crippen molar-refractivity contribution in [2.45, 2.75) is 6.42 Å². The van der Waals surface area contributed by atoms with Crippen LogP contribution in [-0.4, -0.2) is 56.5 Å². The van der Waals surface area contributed by atoms with E-state index in [4.69, 9.17) is 9.29 Å². The molecule has 0 aromatic carbocycles. The Labute approximate surface area is 108 Å². The van der Waals surface area contributed by atoms with Crippen molar-refractivity contribution in [2.75, 3.05) is 38.6 Å². The minimum Gasteiger partial charge on any atom is -1.00 e. The van der Waals surface area contributed by atoms with Crippen LogP contribution in [0.5, 0.6) is 0 Å². The molecule has 0 atom stereocenters. The maximum atomic E-state index is 10.4. The number of ether oxygens (including phenoxy) is 1. The van der Waals surface area contributed by atoms with Crippen LogP contribution < -0.4 is 29.6 Å². The van der Waals surface area contributed by atoms with E-state index in [1.54, 1.807) is 0 Å². The first-order chi connectivity index (χ1) is 6.08. The Morgan fingerprint density at radius 3 is 2.43 bits per heavy atom. The van der Waals surface area contributed by atoms with Gasteiger partial charge in [-0.2, -0.15) is 8.42 Å². The van der Waals surface area contributed by atoms with Gasteiger partial charge in [-0.3, -0.25) is 9.45 Å². The van der Waals surface area contributed by atoms with Gasteiger partial charge in [-0.15, -0.1) is 0 Å². The second-order valence-corrected chi connectivity index (χ2v) is 4.67. The molecule has 1 rings (SSSR count). The maximum absolute atomic E-state index is 10.4. The summed E-state index contributed by atoms with van der Waals surface area (Å²) < 4.78 is 34.4. The van der Waals surface area contributed by atoms with Gasteiger partial charge in [0.05, 0.1) is 19.0 Å². The van der Waals surface area contributed by atoms with Crippen LogP contribution in [0.2, 0.25) is 0 Å². The van der Waals surface area contributed by atoms with Gasteiger partial charge >= 0.3 is 29.6 Å². The van der Waals surface area contributed by atoms with Crippen LogP contribution in [-0.2, 0) is 14.9 Å². The fourth-order valence-corrected chi connectivity index (χ4v) is 1.79. The number of hydrogen-bond donors (Lipinski definition) is 1. The number of hydrogen-bond acceptors (Lipinski definition) is 4. The summed E-state index contributed by atoms with van der Waals surface area (Å²) in [6.07, 6.45) is 0.485. The Hall–Kier alpha value is 0.830. The molecule has 1 aliphatic rings.